The number of piperazine rings is 1. The van der Waals surface area contributed by atoms with Crippen LogP contribution in [0, 0.1) is 24.0 Å². The van der Waals surface area contributed by atoms with Gasteiger partial charge >= 0.3 is 6.01 Å². The molecule has 2 N–H and O–H groups in total. The van der Waals surface area contributed by atoms with Gasteiger partial charge in [0.25, 0.3) is 0 Å². The topological polar surface area (TPSA) is 83.0 Å². The fourth-order valence-corrected chi connectivity index (χ4v) is 8.73. The highest BCUT2D eigenvalue weighted by Gasteiger charge is 2.50. The molecule has 236 valence electrons. The van der Waals surface area contributed by atoms with Gasteiger partial charge in [0.2, 0.25) is 0 Å². The second kappa shape index (κ2) is 10.1. The van der Waals surface area contributed by atoms with E-state index in [1.807, 2.05) is 0 Å². The summed E-state index contributed by atoms with van der Waals surface area (Å²) in [6, 6.07) is 7.55. The molecule has 3 aromatic carbocycles. The molecule has 5 atom stereocenters. The van der Waals surface area contributed by atoms with Crippen LogP contribution in [-0.4, -0.2) is 82.7 Å². The molecule has 0 saturated carbocycles. The molecule has 3 unspecified atom stereocenters. The van der Waals surface area contributed by atoms with E-state index in [9.17, 15) is 13.9 Å². The van der Waals surface area contributed by atoms with Crippen molar-refractivity contribution in [1.29, 1.82) is 0 Å². The van der Waals surface area contributed by atoms with Crippen molar-refractivity contribution in [3.8, 4) is 41.0 Å². The van der Waals surface area contributed by atoms with Gasteiger partial charge in [0.1, 0.15) is 48.0 Å². The first-order chi connectivity index (χ1) is 22.3. The maximum atomic E-state index is 17.1. The minimum atomic E-state index is -0.919. The number of benzene rings is 3. The van der Waals surface area contributed by atoms with Crippen LogP contribution in [0.15, 0.2) is 30.3 Å². The van der Waals surface area contributed by atoms with Gasteiger partial charge in [-0.25, -0.2) is 13.2 Å². The lowest BCUT2D eigenvalue weighted by Crippen LogP contribution is -2.60. The molecule has 6 heterocycles. The number of hydrogen-bond donors (Lipinski definition) is 2. The third kappa shape index (κ3) is 4.09. The summed E-state index contributed by atoms with van der Waals surface area (Å²) < 4.78 is 59.3. The summed E-state index contributed by atoms with van der Waals surface area (Å²) in [7, 11) is 0. The normalized spacial score (nSPS) is 28.2. The standard InChI is InChI=1S/C35H32F3N5O3/c1-2-22-25(37)6-4-18-10-21(44)11-23(29(18)22)24-12-28-30-32(31(24)38)40-34(46-17-35-8-3-9-42(35)14-19(36)13-35)41-33(30)43-15-20-5-7-26(39-20)27(43)16-45-28/h1,4,6,10-12,19-20,26-27,39,44H,3,5,7-9,13-17H2/t19-,20?,26?,27?,35+/m1/s1. The summed E-state index contributed by atoms with van der Waals surface area (Å²) in [4.78, 5) is 13.9. The predicted octanol–water partition coefficient (Wildman–Crippen LogP) is 5.07. The van der Waals surface area contributed by atoms with Crippen LogP contribution >= 0.6 is 0 Å². The fourth-order valence-electron chi connectivity index (χ4n) is 8.73. The van der Waals surface area contributed by atoms with Gasteiger partial charge in [0.05, 0.1) is 22.5 Å². The number of anilines is 1. The molecule has 0 amide bonds. The molecule has 4 fully saturated rings. The van der Waals surface area contributed by atoms with Crippen LogP contribution in [0.3, 0.4) is 0 Å². The zero-order valence-corrected chi connectivity index (χ0v) is 25.0. The number of aromatic nitrogens is 2. The number of phenols is 1. The number of phenolic OH excluding ortho intramolecular Hbond substituents is 1. The van der Waals surface area contributed by atoms with Gasteiger partial charge in [-0.15, -0.1) is 6.42 Å². The molecule has 0 radical (unpaired) electrons. The molecule has 4 aromatic rings. The van der Waals surface area contributed by atoms with Crippen LogP contribution < -0.4 is 19.7 Å². The Balaban J connectivity index is 1.25. The molecule has 1 aromatic heterocycles. The van der Waals surface area contributed by atoms with Crippen molar-refractivity contribution in [3.05, 3.63) is 47.5 Å². The molecule has 9 rings (SSSR count). The zero-order chi connectivity index (χ0) is 31.3. The smallest absolute Gasteiger partial charge is 0.319 e. The van der Waals surface area contributed by atoms with Crippen LogP contribution in [0.4, 0.5) is 19.0 Å². The van der Waals surface area contributed by atoms with Crippen LogP contribution in [0.25, 0.3) is 32.8 Å². The Morgan fingerprint density at radius 2 is 2.02 bits per heavy atom. The Morgan fingerprint density at radius 3 is 2.89 bits per heavy atom. The lowest BCUT2D eigenvalue weighted by molar-refractivity contribution is 0.107. The Kier molecular flexibility index (Phi) is 6.15. The zero-order valence-electron chi connectivity index (χ0n) is 25.0. The van der Waals surface area contributed by atoms with E-state index in [1.54, 1.807) is 6.07 Å². The Morgan fingerprint density at radius 1 is 1.13 bits per heavy atom. The number of fused-ring (bicyclic) bond motifs is 7. The van der Waals surface area contributed by atoms with Gasteiger partial charge in [0, 0.05) is 42.5 Å². The van der Waals surface area contributed by atoms with Crippen molar-refractivity contribution in [2.24, 2.45) is 0 Å². The molecule has 46 heavy (non-hydrogen) atoms. The molecule has 0 spiro atoms. The van der Waals surface area contributed by atoms with Crippen molar-refractivity contribution >= 4 is 27.5 Å². The largest absolute Gasteiger partial charge is 0.508 e. The van der Waals surface area contributed by atoms with E-state index in [2.05, 4.69) is 26.0 Å². The van der Waals surface area contributed by atoms with Gasteiger partial charge in [-0.1, -0.05) is 12.0 Å². The monoisotopic (exact) mass is 627 g/mol. The molecule has 0 aliphatic carbocycles. The molecule has 2 bridgehead atoms. The van der Waals surface area contributed by atoms with E-state index in [-0.39, 0.29) is 58.7 Å². The Hall–Kier alpha value is -4.27. The average molecular weight is 628 g/mol. The minimum absolute atomic E-state index is 0.00949. The number of nitrogens with zero attached hydrogens (tertiary/aromatic N) is 4. The highest BCUT2D eigenvalue weighted by Crippen LogP contribution is 2.47. The van der Waals surface area contributed by atoms with E-state index in [0.717, 1.165) is 32.2 Å². The summed E-state index contributed by atoms with van der Waals surface area (Å²) in [5.41, 5.74) is -0.212. The van der Waals surface area contributed by atoms with Crippen LogP contribution in [0.5, 0.6) is 17.5 Å². The molecule has 5 aliphatic rings. The lowest BCUT2D eigenvalue weighted by atomic mass is 9.92. The summed E-state index contributed by atoms with van der Waals surface area (Å²) in [5, 5.41) is 15.5. The summed E-state index contributed by atoms with van der Waals surface area (Å²) >= 11 is 0. The van der Waals surface area contributed by atoms with E-state index in [4.69, 9.17) is 20.9 Å². The van der Waals surface area contributed by atoms with Gasteiger partial charge in [-0.05, 0) is 67.4 Å². The quantitative estimate of drug-likeness (QED) is 0.304. The molecule has 11 heteroatoms. The maximum absolute atomic E-state index is 17.1. The molecular formula is C35H32F3N5O3. The minimum Gasteiger partial charge on any atom is -0.508 e. The van der Waals surface area contributed by atoms with E-state index in [0.29, 0.717) is 53.8 Å². The van der Waals surface area contributed by atoms with E-state index >= 15 is 4.39 Å². The number of nitrogens with one attached hydrogen (secondary N) is 1. The molecule has 8 nitrogen and oxygen atoms in total. The van der Waals surface area contributed by atoms with Crippen LogP contribution in [0.2, 0.25) is 0 Å². The number of halogens is 3. The van der Waals surface area contributed by atoms with E-state index < -0.39 is 23.3 Å². The third-order valence-electron chi connectivity index (χ3n) is 10.8. The first kappa shape index (κ1) is 28.0. The second-order valence-corrected chi connectivity index (χ2v) is 13.4. The predicted molar refractivity (Wildman–Crippen MR) is 167 cm³/mol. The van der Waals surface area contributed by atoms with Crippen molar-refractivity contribution in [1.82, 2.24) is 20.2 Å². The second-order valence-electron chi connectivity index (χ2n) is 13.4. The number of hydrogen-bond acceptors (Lipinski definition) is 8. The number of ether oxygens (including phenoxy) is 2. The van der Waals surface area contributed by atoms with Gasteiger partial charge in [0.15, 0.2) is 5.82 Å². The van der Waals surface area contributed by atoms with Gasteiger partial charge in [-0.3, -0.25) is 4.90 Å². The fraction of sp³-hybridized carbons (Fsp3) is 0.429. The van der Waals surface area contributed by atoms with E-state index in [1.165, 1.54) is 24.3 Å². The highest BCUT2D eigenvalue weighted by atomic mass is 19.1. The molecule has 4 saturated heterocycles. The van der Waals surface area contributed by atoms with Crippen molar-refractivity contribution in [2.75, 3.05) is 37.7 Å². The van der Waals surface area contributed by atoms with Crippen molar-refractivity contribution in [2.45, 2.75) is 61.9 Å². The molecular weight excluding hydrogens is 595 g/mol. The van der Waals surface area contributed by atoms with Crippen molar-refractivity contribution < 1.29 is 27.8 Å². The van der Waals surface area contributed by atoms with Crippen LogP contribution in [-0.2, 0) is 0 Å². The first-order valence-corrected chi connectivity index (χ1v) is 16.0. The first-order valence-electron chi connectivity index (χ1n) is 16.0. The average Bonchev–Trinajstić information content (AvgIpc) is 3.68. The number of terminal acetylenes is 1. The highest BCUT2D eigenvalue weighted by molar-refractivity contribution is 6.06. The summed E-state index contributed by atoms with van der Waals surface area (Å²) in [6.45, 7) is 2.40. The molecule has 5 aliphatic heterocycles. The van der Waals surface area contributed by atoms with Crippen molar-refractivity contribution in [3.63, 3.8) is 0 Å². The Labute approximate surface area is 263 Å². The number of aromatic hydroxyl groups is 1. The summed E-state index contributed by atoms with van der Waals surface area (Å²) in [5.74, 6) is 1.87. The number of alkyl halides is 1. The lowest BCUT2D eigenvalue weighted by Gasteiger charge is -2.40. The third-order valence-corrected chi connectivity index (χ3v) is 10.8. The number of rotatable bonds is 4. The maximum Gasteiger partial charge on any atom is 0.319 e. The van der Waals surface area contributed by atoms with Crippen LogP contribution in [0.1, 0.15) is 37.7 Å². The SMILES string of the molecule is C#Cc1c(F)ccc2cc(O)cc(-c3cc4c5c(nc(OC[C@@]67CCCN6C[C@H](F)C7)nc5c3F)N3CC5CCC(N5)C3CO4)c12. The van der Waals surface area contributed by atoms with Gasteiger partial charge in [-0.2, -0.15) is 9.97 Å². The van der Waals surface area contributed by atoms with Gasteiger partial charge < -0.3 is 24.8 Å². The summed E-state index contributed by atoms with van der Waals surface area (Å²) in [6.07, 6.45) is 8.98. The Bertz CT molecular complexity index is 1980.